The van der Waals surface area contributed by atoms with Gasteiger partial charge in [-0.15, -0.1) is 11.3 Å². The first-order chi connectivity index (χ1) is 9.33. The van der Waals surface area contributed by atoms with Crippen molar-refractivity contribution in [2.45, 2.75) is 19.9 Å². The number of hydrogen-bond donors (Lipinski definition) is 1. The Morgan fingerprint density at radius 2 is 2.16 bits per heavy atom. The van der Waals surface area contributed by atoms with Gasteiger partial charge in [-0.2, -0.15) is 0 Å². The standard InChI is InChI=1S/C16H20N2S/c1-13-4-2-3-5-15(13)17-8-10-18-9-6-16-14(12-18)7-11-19-16/h2-5,7,11,17H,6,8-10,12H2,1H3. The zero-order valence-electron chi connectivity index (χ0n) is 11.4. The second kappa shape index (κ2) is 5.76. The van der Waals surface area contributed by atoms with Gasteiger partial charge in [0, 0.05) is 36.7 Å². The Labute approximate surface area is 119 Å². The van der Waals surface area contributed by atoms with E-state index in [1.54, 1.807) is 4.88 Å². The Balaban J connectivity index is 1.50. The molecule has 0 amide bonds. The Hall–Kier alpha value is -1.32. The van der Waals surface area contributed by atoms with Gasteiger partial charge in [-0.05, 0) is 42.0 Å². The summed E-state index contributed by atoms with van der Waals surface area (Å²) < 4.78 is 0. The number of benzene rings is 1. The number of fused-ring (bicyclic) bond motifs is 1. The average molecular weight is 272 g/mol. The number of para-hydroxylation sites is 1. The lowest BCUT2D eigenvalue weighted by Gasteiger charge is -2.27. The number of thiophene rings is 1. The Bertz CT molecular complexity index is 547. The maximum absolute atomic E-state index is 3.54. The predicted molar refractivity (Wildman–Crippen MR) is 83.0 cm³/mol. The molecule has 19 heavy (non-hydrogen) atoms. The van der Waals surface area contributed by atoms with E-state index in [9.17, 15) is 0 Å². The fraction of sp³-hybridized carbons (Fsp3) is 0.375. The molecule has 0 radical (unpaired) electrons. The molecule has 0 saturated carbocycles. The van der Waals surface area contributed by atoms with E-state index in [2.05, 4.69) is 52.9 Å². The van der Waals surface area contributed by atoms with E-state index in [1.165, 1.54) is 29.8 Å². The first kappa shape index (κ1) is 12.7. The molecule has 0 unspecified atom stereocenters. The fourth-order valence-corrected chi connectivity index (χ4v) is 3.51. The number of nitrogens with one attached hydrogen (secondary N) is 1. The van der Waals surface area contributed by atoms with E-state index in [4.69, 9.17) is 0 Å². The maximum atomic E-state index is 3.54. The van der Waals surface area contributed by atoms with Gasteiger partial charge in [0.15, 0.2) is 0 Å². The van der Waals surface area contributed by atoms with Gasteiger partial charge in [0.25, 0.3) is 0 Å². The summed E-state index contributed by atoms with van der Waals surface area (Å²) in [4.78, 5) is 4.13. The highest BCUT2D eigenvalue weighted by Gasteiger charge is 2.16. The number of nitrogens with zero attached hydrogens (tertiary/aromatic N) is 1. The van der Waals surface area contributed by atoms with E-state index in [0.717, 1.165) is 19.6 Å². The highest BCUT2D eigenvalue weighted by Crippen LogP contribution is 2.23. The average Bonchev–Trinajstić information content (AvgIpc) is 2.88. The SMILES string of the molecule is Cc1ccccc1NCCN1CCc2sccc2C1. The van der Waals surface area contributed by atoms with Crippen LogP contribution in [0.2, 0.25) is 0 Å². The smallest absolute Gasteiger partial charge is 0.0370 e. The predicted octanol–water partition coefficient (Wildman–Crippen LogP) is 3.53. The molecule has 2 heterocycles. The topological polar surface area (TPSA) is 15.3 Å². The van der Waals surface area contributed by atoms with Crippen LogP contribution in [0.5, 0.6) is 0 Å². The maximum Gasteiger partial charge on any atom is 0.0370 e. The molecule has 1 aliphatic rings. The van der Waals surface area contributed by atoms with Crippen molar-refractivity contribution in [1.82, 2.24) is 4.90 Å². The second-order valence-electron chi connectivity index (χ2n) is 5.14. The molecule has 0 aliphatic carbocycles. The Kier molecular flexibility index (Phi) is 3.85. The van der Waals surface area contributed by atoms with Crippen molar-refractivity contribution in [3.05, 3.63) is 51.7 Å². The summed E-state index contributed by atoms with van der Waals surface area (Å²) in [6.45, 7) is 6.60. The number of anilines is 1. The zero-order valence-corrected chi connectivity index (χ0v) is 12.2. The first-order valence-corrected chi connectivity index (χ1v) is 7.78. The molecule has 0 atom stereocenters. The van der Waals surface area contributed by atoms with Gasteiger partial charge in [-0.1, -0.05) is 18.2 Å². The molecule has 1 aromatic carbocycles. The minimum absolute atomic E-state index is 1.02. The number of rotatable bonds is 4. The first-order valence-electron chi connectivity index (χ1n) is 6.90. The third-order valence-corrected chi connectivity index (χ3v) is 4.80. The van der Waals surface area contributed by atoms with Crippen molar-refractivity contribution in [1.29, 1.82) is 0 Å². The van der Waals surface area contributed by atoms with Crippen LogP contribution in [0.4, 0.5) is 5.69 Å². The molecule has 2 aromatic rings. The molecule has 3 heteroatoms. The highest BCUT2D eigenvalue weighted by molar-refractivity contribution is 7.10. The number of hydrogen-bond acceptors (Lipinski definition) is 3. The van der Waals surface area contributed by atoms with Gasteiger partial charge in [-0.3, -0.25) is 4.90 Å². The van der Waals surface area contributed by atoms with Crippen LogP contribution in [-0.2, 0) is 13.0 Å². The van der Waals surface area contributed by atoms with Crippen LogP contribution in [0, 0.1) is 6.92 Å². The summed E-state index contributed by atoms with van der Waals surface area (Å²) in [5.41, 5.74) is 4.11. The van der Waals surface area contributed by atoms with Crippen LogP contribution >= 0.6 is 11.3 Å². The molecule has 0 fully saturated rings. The summed E-state index contributed by atoms with van der Waals surface area (Å²) in [7, 11) is 0. The summed E-state index contributed by atoms with van der Waals surface area (Å²) in [5.74, 6) is 0. The van der Waals surface area contributed by atoms with Crippen LogP contribution in [0.15, 0.2) is 35.7 Å². The fourth-order valence-electron chi connectivity index (χ4n) is 2.62. The van der Waals surface area contributed by atoms with E-state index in [1.807, 2.05) is 11.3 Å². The highest BCUT2D eigenvalue weighted by atomic mass is 32.1. The second-order valence-corrected chi connectivity index (χ2v) is 6.14. The zero-order chi connectivity index (χ0) is 13.1. The van der Waals surface area contributed by atoms with Crippen LogP contribution in [0.3, 0.4) is 0 Å². The molecular formula is C16H20N2S. The van der Waals surface area contributed by atoms with Gasteiger partial charge in [0.1, 0.15) is 0 Å². The van der Waals surface area contributed by atoms with Gasteiger partial charge >= 0.3 is 0 Å². The van der Waals surface area contributed by atoms with Crippen molar-refractivity contribution in [2.24, 2.45) is 0 Å². The molecule has 3 rings (SSSR count). The Morgan fingerprint density at radius 3 is 3.05 bits per heavy atom. The lowest BCUT2D eigenvalue weighted by atomic mass is 10.1. The van der Waals surface area contributed by atoms with Gasteiger partial charge in [0.2, 0.25) is 0 Å². The summed E-state index contributed by atoms with van der Waals surface area (Å²) in [6, 6.07) is 10.8. The minimum Gasteiger partial charge on any atom is -0.384 e. The molecule has 2 nitrogen and oxygen atoms in total. The third-order valence-electron chi connectivity index (χ3n) is 3.78. The molecule has 1 aliphatic heterocycles. The van der Waals surface area contributed by atoms with Gasteiger partial charge in [-0.25, -0.2) is 0 Å². The van der Waals surface area contributed by atoms with Crippen molar-refractivity contribution in [3.8, 4) is 0 Å². The molecule has 0 bridgehead atoms. The van der Waals surface area contributed by atoms with Crippen molar-refractivity contribution in [2.75, 3.05) is 25.0 Å². The quantitative estimate of drug-likeness (QED) is 0.916. The number of aryl methyl sites for hydroxylation is 1. The molecule has 0 saturated heterocycles. The minimum atomic E-state index is 1.02. The lowest BCUT2D eigenvalue weighted by molar-refractivity contribution is 0.266. The van der Waals surface area contributed by atoms with Crippen LogP contribution in [0.1, 0.15) is 16.0 Å². The van der Waals surface area contributed by atoms with Crippen LogP contribution in [0.25, 0.3) is 0 Å². The largest absolute Gasteiger partial charge is 0.384 e. The van der Waals surface area contributed by atoms with Crippen molar-refractivity contribution in [3.63, 3.8) is 0 Å². The summed E-state index contributed by atoms with van der Waals surface area (Å²) in [6.07, 6.45) is 1.22. The lowest BCUT2D eigenvalue weighted by Crippen LogP contribution is -2.33. The molecular weight excluding hydrogens is 252 g/mol. The Morgan fingerprint density at radius 1 is 1.26 bits per heavy atom. The summed E-state index contributed by atoms with van der Waals surface area (Å²) >= 11 is 1.91. The molecule has 1 N–H and O–H groups in total. The third kappa shape index (κ3) is 2.99. The van der Waals surface area contributed by atoms with Gasteiger partial charge in [0.05, 0.1) is 0 Å². The van der Waals surface area contributed by atoms with Crippen molar-refractivity contribution < 1.29 is 0 Å². The van der Waals surface area contributed by atoms with Crippen molar-refractivity contribution >= 4 is 17.0 Å². The van der Waals surface area contributed by atoms with Crippen LogP contribution in [-0.4, -0.2) is 24.5 Å². The summed E-state index contributed by atoms with van der Waals surface area (Å²) in [5, 5.41) is 5.76. The normalized spacial score (nSPS) is 15.2. The molecule has 0 spiro atoms. The molecule has 100 valence electrons. The van der Waals surface area contributed by atoms with Crippen LogP contribution < -0.4 is 5.32 Å². The van der Waals surface area contributed by atoms with E-state index >= 15 is 0 Å². The van der Waals surface area contributed by atoms with E-state index < -0.39 is 0 Å². The monoisotopic (exact) mass is 272 g/mol. The van der Waals surface area contributed by atoms with E-state index in [-0.39, 0.29) is 0 Å². The van der Waals surface area contributed by atoms with E-state index in [0.29, 0.717) is 0 Å². The molecule has 1 aromatic heterocycles. The van der Waals surface area contributed by atoms with Gasteiger partial charge < -0.3 is 5.32 Å².